The molecule has 0 unspecified atom stereocenters. The van der Waals surface area contributed by atoms with Gasteiger partial charge in [0.25, 0.3) is 5.88 Å². The molecule has 3 aromatic rings. The van der Waals surface area contributed by atoms with Gasteiger partial charge in [0.1, 0.15) is 6.07 Å². The Hall–Kier alpha value is -2.91. The number of hydrogen-bond donors (Lipinski definition) is 0. The lowest BCUT2D eigenvalue weighted by molar-refractivity contribution is 0.0657. The molecule has 0 radical (unpaired) electrons. The molecule has 6 nitrogen and oxygen atoms in total. The first-order valence-corrected chi connectivity index (χ1v) is 8.96. The second-order valence-corrected chi connectivity index (χ2v) is 7.74. The van der Waals surface area contributed by atoms with Crippen molar-refractivity contribution in [1.82, 2.24) is 14.8 Å². The minimum atomic E-state index is -0.284. The van der Waals surface area contributed by atoms with Crippen LogP contribution >= 0.6 is 0 Å². The number of benzene rings is 1. The van der Waals surface area contributed by atoms with Crippen LogP contribution in [0.15, 0.2) is 40.9 Å². The smallest absolute Gasteiger partial charge is 0.259 e. The maximum absolute atomic E-state index is 9.38. The van der Waals surface area contributed by atoms with E-state index in [1.807, 2.05) is 65.0 Å². The Morgan fingerprint density at radius 3 is 2.48 bits per heavy atom. The number of hydrogen-bond acceptors (Lipinski definition) is 5. The van der Waals surface area contributed by atoms with Crippen LogP contribution in [0.4, 0.5) is 0 Å². The number of nitrogens with zero attached hydrogens (tertiary/aromatic N) is 4. The maximum Gasteiger partial charge on any atom is 0.259 e. The van der Waals surface area contributed by atoms with E-state index in [1.165, 1.54) is 0 Å². The summed E-state index contributed by atoms with van der Waals surface area (Å²) in [6.07, 6.45) is 1.98. The molecule has 0 N–H and O–H groups in total. The zero-order valence-corrected chi connectivity index (χ0v) is 16.4. The third kappa shape index (κ3) is 4.26. The third-order valence-electron chi connectivity index (χ3n) is 3.99. The van der Waals surface area contributed by atoms with Gasteiger partial charge in [-0.25, -0.2) is 4.68 Å². The van der Waals surface area contributed by atoms with Gasteiger partial charge < -0.3 is 9.15 Å². The summed E-state index contributed by atoms with van der Waals surface area (Å²) < 4.78 is 13.0. The number of rotatable bonds is 5. The Balaban J connectivity index is 1.85. The predicted octanol–water partition coefficient (Wildman–Crippen LogP) is 4.62. The van der Waals surface area contributed by atoms with Crippen molar-refractivity contribution in [3.63, 3.8) is 0 Å². The lowest BCUT2D eigenvalue weighted by Crippen LogP contribution is -2.11. The summed E-state index contributed by atoms with van der Waals surface area (Å²) in [5.74, 6) is 0.858. The fourth-order valence-corrected chi connectivity index (χ4v) is 2.49. The van der Waals surface area contributed by atoms with Crippen LogP contribution in [0.3, 0.4) is 0 Å². The molecule has 0 aliphatic carbocycles. The molecule has 6 heteroatoms. The van der Waals surface area contributed by atoms with E-state index in [0.29, 0.717) is 18.4 Å². The van der Waals surface area contributed by atoms with Crippen LogP contribution in [0.25, 0.3) is 17.1 Å². The van der Waals surface area contributed by atoms with E-state index in [4.69, 9.17) is 9.15 Å². The second-order valence-electron chi connectivity index (χ2n) is 7.74. The monoisotopic (exact) mass is 364 g/mol. The van der Waals surface area contributed by atoms with Gasteiger partial charge in [-0.05, 0) is 25.5 Å². The predicted molar refractivity (Wildman–Crippen MR) is 102 cm³/mol. The zero-order chi connectivity index (χ0) is 19.6. The first-order valence-electron chi connectivity index (χ1n) is 8.96. The van der Waals surface area contributed by atoms with Crippen molar-refractivity contribution >= 4 is 0 Å². The molecule has 140 valence electrons. The molecular weight excluding hydrogens is 340 g/mol. The highest BCUT2D eigenvalue weighted by atomic mass is 16.5. The van der Waals surface area contributed by atoms with Gasteiger partial charge in [0.15, 0.2) is 0 Å². The highest BCUT2D eigenvalue weighted by molar-refractivity contribution is 5.59. The SMILES string of the molecule is CC(C)OCc1ccc(-c2ccn(-c3oc(C(C)(C)C)nc3C#N)n2)cc1. The molecule has 0 atom stereocenters. The first kappa shape index (κ1) is 18.9. The summed E-state index contributed by atoms with van der Waals surface area (Å²) in [4.78, 5) is 4.30. The van der Waals surface area contributed by atoms with Gasteiger partial charge in [-0.1, -0.05) is 45.0 Å². The van der Waals surface area contributed by atoms with Gasteiger partial charge in [-0.3, -0.25) is 0 Å². The largest absolute Gasteiger partial charge is 0.421 e. The fourth-order valence-electron chi connectivity index (χ4n) is 2.49. The number of oxazole rings is 1. The van der Waals surface area contributed by atoms with Crippen molar-refractivity contribution in [2.24, 2.45) is 0 Å². The van der Waals surface area contributed by atoms with Crippen LogP contribution < -0.4 is 0 Å². The molecule has 0 spiro atoms. The minimum Gasteiger partial charge on any atom is -0.421 e. The standard InChI is InChI=1S/C21H24N4O2/c1-14(2)26-13-15-6-8-16(9-7-15)17-10-11-25(24-17)19-18(12-22)23-20(27-19)21(3,4)5/h6-11,14H,13H2,1-5H3. The van der Waals surface area contributed by atoms with Crippen LogP contribution in [0.1, 0.15) is 51.8 Å². The molecule has 27 heavy (non-hydrogen) atoms. The normalized spacial score (nSPS) is 11.7. The molecule has 0 fully saturated rings. The molecule has 0 saturated carbocycles. The minimum absolute atomic E-state index is 0.203. The Morgan fingerprint density at radius 2 is 1.89 bits per heavy atom. The summed E-state index contributed by atoms with van der Waals surface area (Å²) in [5.41, 5.74) is 2.84. The number of nitriles is 1. The van der Waals surface area contributed by atoms with Gasteiger partial charge in [0.2, 0.25) is 11.6 Å². The lowest BCUT2D eigenvalue weighted by atomic mass is 9.97. The summed E-state index contributed by atoms with van der Waals surface area (Å²) in [6.45, 7) is 10.6. The van der Waals surface area contributed by atoms with Crippen LogP contribution in [-0.2, 0) is 16.8 Å². The Labute approximate surface area is 159 Å². The highest BCUT2D eigenvalue weighted by Gasteiger charge is 2.25. The summed E-state index contributed by atoms with van der Waals surface area (Å²) >= 11 is 0. The van der Waals surface area contributed by atoms with E-state index in [2.05, 4.69) is 16.2 Å². The van der Waals surface area contributed by atoms with Crippen molar-refractivity contribution < 1.29 is 9.15 Å². The Morgan fingerprint density at radius 1 is 1.19 bits per heavy atom. The van der Waals surface area contributed by atoms with Crippen molar-refractivity contribution in [3.05, 3.63) is 53.7 Å². The average Bonchev–Trinajstić information content (AvgIpc) is 3.26. The molecule has 0 bridgehead atoms. The van der Waals surface area contributed by atoms with Crippen LogP contribution in [-0.4, -0.2) is 20.9 Å². The van der Waals surface area contributed by atoms with Crippen molar-refractivity contribution in [2.45, 2.75) is 52.7 Å². The van der Waals surface area contributed by atoms with E-state index in [9.17, 15) is 5.26 Å². The van der Waals surface area contributed by atoms with E-state index < -0.39 is 0 Å². The summed E-state index contributed by atoms with van der Waals surface area (Å²) in [7, 11) is 0. The molecular formula is C21H24N4O2. The average molecular weight is 364 g/mol. The topological polar surface area (TPSA) is 76.9 Å². The van der Waals surface area contributed by atoms with Crippen LogP contribution in [0.5, 0.6) is 0 Å². The summed E-state index contributed by atoms with van der Waals surface area (Å²) in [5, 5.41) is 13.9. The quantitative estimate of drug-likeness (QED) is 0.660. The second kappa shape index (κ2) is 7.37. The van der Waals surface area contributed by atoms with Gasteiger partial charge in [0, 0.05) is 17.2 Å². The summed E-state index contributed by atoms with van der Waals surface area (Å²) in [6, 6.07) is 12.1. The Kier molecular flexibility index (Phi) is 5.15. The molecule has 0 saturated heterocycles. The van der Waals surface area contributed by atoms with Crippen molar-refractivity contribution in [2.75, 3.05) is 0 Å². The van der Waals surface area contributed by atoms with E-state index in [0.717, 1.165) is 16.8 Å². The number of ether oxygens (including phenoxy) is 1. The van der Waals surface area contributed by atoms with Gasteiger partial charge in [0.05, 0.1) is 18.4 Å². The van der Waals surface area contributed by atoms with Gasteiger partial charge in [-0.15, -0.1) is 0 Å². The first-order chi connectivity index (χ1) is 12.8. The van der Waals surface area contributed by atoms with Gasteiger partial charge >= 0.3 is 0 Å². The molecule has 1 aromatic carbocycles. The zero-order valence-electron chi connectivity index (χ0n) is 16.4. The number of aromatic nitrogens is 3. The highest BCUT2D eigenvalue weighted by Crippen LogP contribution is 2.27. The molecule has 0 amide bonds. The van der Waals surface area contributed by atoms with Crippen LogP contribution in [0, 0.1) is 11.3 Å². The lowest BCUT2D eigenvalue weighted by Gasteiger charge is -2.11. The van der Waals surface area contributed by atoms with Crippen LogP contribution in [0.2, 0.25) is 0 Å². The maximum atomic E-state index is 9.38. The molecule has 3 rings (SSSR count). The van der Waals surface area contributed by atoms with Crippen molar-refractivity contribution in [1.29, 1.82) is 5.26 Å². The van der Waals surface area contributed by atoms with E-state index in [-0.39, 0.29) is 17.2 Å². The molecule has 2 aromatic heterocycles. The van der Waals surface area contributed by atoms with Gasteiger partial charge in [-0.2, -0.15) is 15.3 Å². The third-order valence-corrected chi connectivity index (χ3v) is 3.99. The fraction of sp³-hybridized carbons (Fsp3) is 0.381. The van der Waals surface area contributed by atoms with E-state index >= 15 is 0 Å². The molecule has 0 aliphatic rings. The van der Waals surface area contributed by atoms with E-state index in [1.54, 1.807) is 10.9 Å². The molecule has 0 aliphatic heterocycles. The van der Waals surface area contributed by atoms with Crippen molar-refractivity contribution in [3.8, 4) is 23.2 Å². The molecule has 2 heterocycles. The Bertz CT molecular complexity index is 953.